The molecule has 0 spiro atoms. The van der Waals surface area contributed by atoms with E-state index in [0.29, 0.717) is 6.54 Å². The average Bonchev–Trinajstić information content (AvgIpc) is 2.33. The van der Waals surface area contributed by atoms with Crippen molar-refractivity contribution in [1.82, 2.24) is 4.31 Å². The first-order chi connectivity index (χ1) is 8.49. The van der Waals surface area contributed by atoms with E-state index < -0.39 is 10.0 Å². The van der Waals surface area contributed by atoms with Crippen molar-refractivity contribution < 1.29 is 13.5 Å². The molecule has 1 rings (SSSR count). The standard InChI is InChI=1S/C12H16BrNO3S/c1-2-14(7-8-15)18(16,17)9-6-11-4-3-5-12(13)10-11/h3-6,9-10,15H,2,7-8H2,1H3/b9-6+. The van der Waals surface area contributed by atoms with E-state index in [1.165, 1.54) is 4.31 Å². The van der Waals surface area contributed by atoms with Crippen LogP contribution in [0.15, 0.2) is 34.1 Å². The summed E-state index contributed by atoms with van der Waals surface area (Å²) in [6, 6.07) is 7.35. The van der Waals surface area contributed by atoms with Crippen LogP contribution in [0.25, 0.3) is 6.08 Å². The summed E-state index contributed by atoms with van der Waals surface area (Å²) in [6.45, 7) is 2.01. The van der Waals surface area contributed by atoms with Gasteiger partial charge in [-0.3, -0.25) is 0 Å². The third-order valence-corrected chi connectivity index (χ3v) is 4.48. The van der Waals surface area contributed by atoms with Crippen molar-refractivity contribution in [1.29, 1.82) is 0 Å². The lowest BCUT2D eigenvalue weighted by atomic mass is 10.2. The molecule has 100 valence electrons. The summed E-state index contributed by atoms with van der Waals surface area (Å²) in [5.74, 6) is 0. The van der Waals surface area contributed by atoms with Gasteiger partial charge in [-0.05, 0) is 23.8 Å². The van der Waals surface area contributed by atoms with E-state index in [1.54, 1.807) is 13.0 Å². The van der Waals surface area contributed by atoms with Gasteiger partial charge in [0.2, 0.25) is 10.0 Å². The summed E-state index contributed by atoms with van der Waals surface area (Å²) >= 11 is 3.32. The molecule has 0 heterocycles. The Kier molecular flexibility index (Phi) is 6.01. The molecule has 0 saturated heterocycles. The molecule has 0 aromatic heterocycles. The molecule has 0 fully saturated rings. The van der Waals surface area contributed by atoms with Gasteiger partial charge in [0.05, 0.1) is 6.61 Å². The van der Waals surface area contributed by atoms with Crippen molar-refractivity contribution in [3.63, 3.8) is 0 Å². The summed E-state index contributed by atoms with van der Waals surface area (Å²) < 4.78 is 26.0. The lowest BCUT2D eigenvalue weighted by molar-refractivity contribution is 0.258. The molecule has 0 aliphatic rings. The van der Waals surface area contributed by atoms with Gasteiger partial charge in [0, 0.05) is 23.0 Å². The fourth-order valence-corrected chi connectivity index (χ4v) is 3.05. The molecule has 0 aliphatic carbocycles. The molecule has 1 aromatic carbocycles. The Labute approximate surface area is 116 Å². The van der Waals surface area contributed by atoms with Gasteiger partial charge in [-0.15, -0.1) is 0 Å². The van der Waals surface area contributed by atoms with Crippen LogP contribution >= 0.6 is 15.9 Å². The Morgan fingerprint density at radius 2 is 2.17 bits per heavy atom. The molecule has 4 nitrogen and oxygen atoms in total. The van der Waals surface area contributed by atoms with Crippen molar-refractivity contribution in [3.05, 3.63) is 39.7 Å². The second kappa shape index (κ2) is 7.04. The zero-order valence-electron chi connectivity index (χ0n) is 10.1. The van der Waals surface area contributed by atoms with Crippen molar-refractivity contribution in [2.45, 2.75) is 6.92 Å². The highest BCUT2D eigenvalue weighted by Crippen LogP contribution is 2.14. The first-order valence-corrected chi connectivity index (χ1v) is 7.84. The Bertz CT molecular complexity index is 514. The maximum Gasteiger partial charge on any atom is 0.236 e. The number of likely N-dealkylation sites (N-methyl/N-ethyl adjacent to an activating group) is 1. The Morgan fingerprint density at radius 1 is 1.44 bits per heavy atom. The van der Waals surface area contributed by atoms with E-state index in [9.17, 15) is 8.42 Å². The quantitative estimate of drug-likeness (QED) is 0.866. The third kappa shape index (κ3) is 4.53. The first-order valence-electron chi connectivity index (χ1n) is 5.54. The van der Waals surface area contributed by atoms with Crippen molar-refractivity contribution in [2.75, 3.05) is 19.7 Å². The van der Waals surface area contributed by atoms with E-state index in [-0.39, 0.29) is 13.2 Å². The minimum Gasteiger partial charge on any atom is -0.395 e. The molecule has 0 radical (unpaired) electrons. The van der Waals surface area contributed by atoms with Gasteiger partial charge in [-0.25, -0.2) is 8.42 Å². The van der Waals surface area contributed by atoms with E-state index >= 15 is 0 Å². The molecular formula is C12H16BrNO3S. The molecule has 0 bridgehead atoms. The van der Waals surface area contributed by atoms with Crippen LogP contribution in [0.4, 0.5) is 0 Å². The molecular weight excluding hydrogens is 318 g/mol. The van der Waals surface area contributed by atoms with Crippen LogP contribution < -0.4 is 0 Å². The summed E-state index contributed by atoms with van der Waals surface area (Å²) in [5.41, 5.74) is 0.799. The van der Waals surface area contributed by atoms with Gasteiger partial charge < -0.3 is 5.11 Å². The Hall–Kier alpha value is -0.690. The number of benzene rings is 1. The smallest absolute Gasteiger partial charge is 0.236 e. The summed E-state index contributed by atoms with van der Waals surface area (Å²) in [5, 5.41) is 9.98. The van der Waals surface area contributed by atoms with Crippen LogP contribution in [-0.2, 0) is 10.0 Å². The maximum absolute atomic E-state index is 11.9. The first kappa shape index (κ1) is 15.4. The number of hydrogen-bond donors (Lipinski definition) is 1. The van der Waals surface area contributed by atoms with Crippen LogP contribution in [0.2, 0.25) is 0 Å². The topological polar surface area (TPSA) is 57.6 Å². The molecule has 18 heavy (non-hydrogen) atoms. The second-order valence-corrected chi connectivity index (χ2v) is 6.35. The fourth-order valence-electron chi connectivity index (χ4n) is 1.44. The lowest BCUT2D eigenvalue weighted by Gasteiger charge is -2.16. The fraction of sp³-hybridized carbons (Fsp3) is 0.333. The third-order valence-electron chi connectivity index (χ3n) is 2.34. The number of nitrogens with zero attached hydrogens (tertiary/aromatic N) is 1. The molecule has 1 aromatic rings. The van der Waals surface area contributed by atoms with Gasteiger partial charge >= 0.3 is 0 Å². The summed E-state index contributed by atoms with van der Waals surface area (Å²) in [7, 11) is -3.47. The number of rotatable bonds is 6. The van der Waals surface area contributed by atoms with Crippen LogP contribution in [-0.4, -0.2) is 37.5 Å². The normalized spacial score (nSPS) is 12.4. The van der Waals surface area contributed by atoms with E-state index in [2.05, 4.69) is 15.9 Å². The molecule has 0 unspecified atom stereocenters. The van der Waals surface area contributed by atoms with E-state index in [1.807, 2.05) is 24.3 Å². The monoisotopic (exact) mass is 333 g/mol. The van der Waals surface area contributed by atoms with Gasteiger partial charge in [0.1, 0.15) is 0 Å². The highest BCUT2D eigenvalue weighted by atomic mass is 79.9. The van der Waals surface area contributed by atoms with E-state index in [4.69, 9.17) is 5.11 Å². The van der Waals surface area contributed by atoms with Gasteiger partial charge in [0.25, 0.3) is 0 Å². The number of halogens is 1. The SMILES string of the molecule is CCN(CCO)S(=O)(=O)/C=C/c1cccc(Br)c1. The maximum atomic E-state index is 11.9. The van der Waals surface area contributed by atoms with Gasteiger partial charge in [0.15, 0.2) is 0 Å². The minimum atomic E-state index is -3.47. The number of aliphatic hydroxyl groups excluding tert-OH is 1. The molecule has 0 aliphatic heterocycles. The van der Waals surface area contributed by atoms with E-state index in [0.717, 1.165) is 15.4 Å². The van der Waals surface area contributed by atoms with Crippen molar-refractivity contribution in [3.8, 4) is 0 Å². The second-order valence-electron chi connectivity index (χ2n) is 3.62. The van der Waals surface area contributed by atoms with Gasteiger partial charge in [-0.1, -0.05) is 35.0 Å². The molecule has 0 saturated carbocycles. The summed E-state index contributed by atoms with van der Waals surface area (Å²) in [6.07, 6.45) is 1.54. The van der Waals surface area contributed by atoms with Gasteiger partial charge in [-0.2, -0.15) is 4.31 Å². The Morgan fingerprint density at radius 3 is 2.72 bits per heavy atom. The molecule has 6 heteroatoms. The lowest BCUT2D eigenvalue weighted by Crippen LogP contribution is -2.31. The average molecular weight is 334 g/mol. The minimum absolute atomic E-state index is 0.113. The highest BCUT2D eigenvalue weighted by Gasteiger charge is 2.15. The highest BCUT2D eigenvalue weighted by molar-refractivity contribution is 9.10. The molecule has 0 atom stereocenters. The predicted octanol–water partition coefficient (Wildman–Crippen LogP) is 2.06. The zero-order chi connectivity index (χ0) is 13.6. The number of hydrogen-bond acceptors (Lipinski definition) is 3. The van der Waals surface area contributed by atoms with Crippen LogP contribution in [0.3, 0.4) is 0 Å². The Balaban J connectivity index is 2.88. The van der Waals surface area contributed by atoms with Crippen LogP contribution in [0.1, 0.15) is 12.5 Å². The van der Waals surface area contributed by atoms with Crippen molar-refractivity contribution >= 4 is 32.0 Å². The van der Waals surface area contributed by atoms with Crippen LogP contribution in [0.5, 0.6) is 0 Å². The number of sulfonamides is 1. The van der Waals surface area contributed by atoms with Crippen molar-refractivity contribution in [2.24, 2.45) is 0 Å². The molecule has 1 N–H and O–H groups in total. The largest absolute Gasteiger partial charge is 0.395 e. The zero-order valence-corrected chi connectivity index (χ0v) is 12.5. The summed E-state index contributed by atoms with van der Waals surface area (Å²) in [4.78, 5) is 0. The predicted molar refractivity (Wildman–Crippen MR) is 76.4 cm³/mol. The van der Waals surface area contributed by atoms with Crippen LogP contribution in [0, 0.1) is 0 Å². The molecule has 0 amide bonds. The number of aliphatic hydroxyl groups is 1.